The van der Waals surface area contributed by atoms with Gasteiger partial charge in [0.2, 0.25) is 0 Å². The number of aliphatic carboxylic acids is 1. The van der Waals surface area contributed by atoms with Crippen LogP contribution in [0, 0.1) is 17.3 Å². The fourth-order valence-corrected chi connectivity index (χ4v) is 2.42. The number of carboxylic acids is 1. The van der Waals surface area contributed by atoms with Gasteiger partial charge in [-0.25, -0.2) is 0 Å². The Labute approximate surface area is 131 Å². The molecule has 0 N–H and O–H groups in total. The van der Waals surface area contributed by atoms with Gasteiger partial charge in [0.05, 0.1) is 11.3 Å². The van der Waals surface area contributed by atoms with Crippen molar-refractivity contribution in [2.45, 2.75) is 52.9 Å². The Bertz CT molecular complexity index is 415. The largest absolute Gasteiger partial charge is 0.550 e. The minimum Gasteiger partial charge on any atom is -0.550 e. The van der Waals surface area contributed by atoms with Crippen LogP contribution in [0.2, 0.25) is 0 Å². The van der Waals surface area contributed by atoms with Crippen LogP contribution in [0.5, 0.6) is 0 Å². The van der Waals surface area contributed by atoms with Crippen molar-refractivity contribution in [1.29, 1.82) is 0 Å². The van der Waals surface area contributed by atoms with Crippen LogP contribution in [0.3, 0.4) is 0 Å². The van der Waals surface area contributed by atoms with Crippen molar-refractivity contribution in [2.24, 2.45) is 17.3 Å². The highest BCUT2D eigenvalue weighted by Gasteiger charge is 2.33. The highest BCUT2D eigenvalue weighted by Crippen LogP contribution is 2.30. The molecule has 0 bridgehead atoms. The molecule has 2 unspecified atom stereocenters. The van der Waals surface area contributed by atoms with Crippen LogP contribution in [0.15, 0.2) is 0 Å². The molecule has 6 heteroatoms. The summed E-state index contributed by atoms with van der Waals surface area (Å²) in [5.74, 6) is -3.50. The van der Waals surface area contributed by atoms with E-state index in [2.05, 4.69) is 0 Å². The number of carboxylic acid groups (broad SMARTS) is 1. The summed E-state index contributed by atoms with van der Waals surface area (Å²) in [6.45, 7) is 5.39. The highest BCUT2D eigenvalue weighted by atomic mass is 16.6. The van der Waals surface area contributed by atoms with E-state index in [9.17, 15) is 19.5 Å². The van der Waals surface area contributed by atoms with Gasteiger partial charge in [-0.15, -0.1) is 0 Å². The van der Waals surface area contributed by atoms with Gasteiger partial charge in [-0.05, 0) is 33.1 Å². The van der Waals surface area contributed by atoms with Gasteiger partial charge in [0.25, 0.3) is 0 Å². The van der Waals surface area contributed by atoms with E-state index >= 15 is 0 Å². The average molecular weight is 313 g/mol. The molecule has 0 spiro atoms. The van der Waals surface area contributed by atoms with E-state index in [1.54, 1.807) is 13.8 Å². The summed E-state index contributed by atoms with van der Waals surface area (Å²) < 4.78 is 10.1. The lowest BCUT2D eigenvalue weighted by Crippen LogP contribution is -2.41. The molecule has 1 aliphatic rings. The third-order valence-electron chi connectivity index (χ3n) is 4.37. The molecule has 0 saturated heterocycles. The molecule has 2 atom stereocenters. The highest BCUT2D eigenvalue weighted by molar-refractivity contribution is 5.80. The van der Waals surface area contributed by atoms with Gasteiger partial charge in [0.15, 0.2) is 0 Å². The predicted octanol–water partition coefficient (Wildman–Crippen LogP) is 1.07. The van der Waals surface area contributed by atoms with E-state index in [1.165, 1.54) is 0 Å². The van der Waals surface area contributed by atoms with Gasteiger partial charge in [-0.3, -0.25) is 9.59 Å². The number of rotatable bonds is 7. The van der Waals surface area contributed by atoms with E-state index in [0.717, 1.165) is 12.8 Å². The molecule has 0 aromatic carbocycles. The quantitative estimate of drug-likeness (QED) is 0.515. The van der Waals surface area contributed by atoms with Gasteiger partial charge in [0, 0.05) is 11.9 Å². The zero-order valence-electron chi connectivity index (χ0n) is 13.6. The number of hydrogen-bond acceptors (Lipinski definition) is 6. The SMILES string of the molecule is CCC(C)(C)C(=O)OCCOC(=O)C1CCCCC1C(=O)[O-]. The lowest BCUT2D eigenvalue weighted by molar-refractivity contribution is -0.314. The normalized spacial score (nSPS) is 22.0. The van der Waals surface area contributed by atoms with Gasteiger partial charge >= 0.3 is 11.9 Å². The molecule has 0 heterocycles. The lowest BCUT2D eigenvalue weighted by Gasteiger charge is -2.30. The molecule has 1 aliphatic carbocycles. The molecule has 1 saturated carbocycles. The molecule has 0 amide bonds. The van der Waals surface area contributed by atoms with Gasteiger partial charge in [0.1, 0.15) is 13.2 Å². The molecule has 126 valence electrons. The standard InChI is InChI=1S/C16H26O6/c1-4-16(2,3)15(20)22-10-9-21-14(19)12-8-6-5-7-11(12)13(17)18/h11-12H,4-10H2,1-3H3,(H,17,18)/p-1. The Morgan fingerprint density at radius 1 is 1.05 bits per heavy atom. The summed E-state index contributed by atoms with van der Waals surface area (Å²) in [5.41, 5.74) is -0.562. The van der Waals surface area contributed by atoms with Gasteiger partial charge in [-0.1, -0.05) is 19.8 Å². The number of carbonyl (C=O) groups is 3. The maximum Gasteiger partial charge on any atom is 0.311 e. The predicted molar refractivity (Wildman–Crippen MR) is 76.4 cm³/mol. The van der Waals surface area contributed by atoms with Crippen LogP contribution in [0.4, 0.5) is 0 Å². The van der Waals surface area contributed by atoms with Crippen molar-refractivity contribution in [1.82, 2.24) is 0 Å². The molecule has 22 heavy (non-hydrogen) atoms. The first-order valence-corrected chi connectivity index (χ1v) is 7.84. The van der Waals surface area contributed by atoms with E-state index in [-0.39, 0.29) is 19.2 Å². The fourth-order valence-electron chi connectivity index (χ4n) is 2.42. The number of esters is 2. The Morgan fingerprint density at radius 2 is 1.59 bits per heavy atom. The zero-order chi connectivity index (χ0) is 16.8. The zero-order valence-corrected chi connectivity index (χ0v) is 13.6. The minimum atomic E-state index is -1.20. The third-order valence-corrected chi connectivity index (χ3v) is 4.37. The smallest absolute Gasteiger partial charge is 0.311 e. The van der Waals surface area contributed by atoms with E-state index < -0.39 is 29.2 Å². The Morgan fingerprint density at radius 3 is 2.14 bits per heavy atom. The second-order valence-corrected chi connectivity index (χ2v) is 6.36. The Hall–Kier alpha value is -1.59. The molecule has 6 nitrogen and oxygen atoms in total. The second kappa shape index (κ2) is 8.15. The molecule has 0 aromatic heterocycles. The molecular formula is C16H25O6-. The van der Waals surface area contributed by atoms with Gasteiger partial charge in [-0.2, -0.15) is 0 Å². The summed E-state index contributed by atoms with van der Waals surface area (Å²) in [7, 11) is 0. The Kier molecular flexibility index (Phi) is 6.84. The summed E-state index contributed by atoms with van der Waals surface area (Å²) in [4.78, 5) is 34.7. The molecule has 1 fully saturated rings. The van der Waals surface area contributed by atoms with Crippen molar-refractivity contribution in [3.05, 3.63) is 0 Å². The van der Waals surface area contributed by atoms with Crippen molar-refractivity contribution in [3.8, 4) is 0 Å². The summed E-state index contributed by atoms with van der Waals surface area (Å²) in [6, 6.07) is 0. The van der Waals surface area contributed by atoms with Crippen molar-refractivity contribution >= 4 is 17.9 Å². The summed E-state index contributed by atoms with van der Waals surface area (Å²) >= 11 is 0. The van der Waals surface area contributed by atoms with Crippen LogP contribution >= 0.6 is 0 Å². The molecule has 0 radical (unpaired) electrons. The van der Waals surface area contributed by atoms with Crippen LogP contribution in [0.25, 0.3) is 0 Å². The first-order chi connectivity index (χ1) is 10.3. The van der Waals surface area contributed by atoms with Crippen molar-refractivity contribution < 1.29 is 29.0 Å². The van der Waals surface area contributed by atoms with Crippen molar-refractivity contribution in [3.63, 3.8) is 0 Å². The van der Waals surface area contributed by atoms with Gasteiger partial charge < -0.3 is 19.4 Å². The monoisotopic (exact) mass is 313 g/mol. The van der Waals surface area contributed by atoms with Crippen LogP contribution in [0.1, 0.15) is 52.9 Å². The van der Waals surface area contributed by atoms with E-state index in [4.69, 9.17) is 9.47 Å². The second-order valence-electron chi connectivity index (χ2n) is 6.36. The van der Waals surface area contributed by atoms with Crippen LogP contribution in [-0.2, 0) is 23.9 Å². The topological polar surface area (TPSA) is 92.7 Å². The number of hydrogen-bond donors (Lipinski definition) is 0. The first kappa shape index (κ1) is 18.5. The average Bonchev–Trinajstić information content (AvgIpc) is 2.50. The third kappa shape index (κ3) is 5.00. The molecule has 0 aromatic rings. The van der Waals surface area contributed by atoms with E-state index in [0.29, 0.717) is 19.3 Å². The summed E-state index contributed by atoms with van der Waals surface area (Å²) in [6.07, 6.45) is 3.19. The molecular weight excluding hydrogens is 288 g/mol. The maximum atomic E-state index is 12.0. The first-order valence-electron chi connectivity index (χ1n) is 7.84. The van der Waals surface area contributed by atoms with Crippen LogP contribution < -0.4 is 5.11 Å². The Balaban J connectivity index is 2.36. The van der Waals surface area contributed by atoms with E-state index in [1.807, 2.05) is 6.92 Å². The lowest BCUT2D eigenvalue weighted by atomic mass is 9.79. The molecule has 1 rings (SSSR count). The van der Waals surface area contributed by atoms with Crippen LogP contribution in [-0.4, -0.2) is 31.1 Å². The summed E-state index contributed by atoms with van der Waals surface area (Å²) in [5, 5.41) is 11.0. The minimum absolute atomic E-state index is 0.0172. The maximum absolute atomic E-state index is 12.0. The van der Waals surface area contributed by atoms with Crippen molar-refractivity contribution in [2.75, 3.05) is 13.2 Å². The fraction of sp³-hybridized carbons (Fsp3) is 0.812. The number of carbonyl (C=O) groups excluding carboxylic acids is 3. The molecule has 0 aliphatic heterocycles. The number of ether oxygens (including phenoxy) is 2.